The van der Waals surface area contributed by atoms with Crippen molar-refractivity contribution in [2.45, 2.75) is 33.7 Å². The van der Waals surface area contributed by atoms with E-state index < -0.39 is 0 Å². The number of aromatic nitrogens is 3. The molecule has 2 heterocycles. The standard InChI is InChI=1S/C20H21BrN4O/c1-13(2)24(18-6-5-11-22-12-18)20(26)16-7-9-17(10-8-16)25-15(4)19(21)14(3)23-25/h5-13H,1-4H3. The molecule has 26 heavy (non-hydrogen) atoms. The Balaban J connectivity index is 1.92. The quantitative estimate of drug-likeness (QED) is 0.623. The lowest BCUT2D eigenvalue weighted by Gasteiger charge is -2.26. The minimum atomic E-state index is -0.0471. The Kier molecular flexibility index (Phi) is 5.23. The van der Waals surface area contributed by atoms with Crippen molar-refractivity contribution < 1.29 is 4.79 Å². The van der Waals surface area contributed by atoms with Crippen LogP contribution in [0.15, 0.2) is 53.3 Å². The van der Waals surface area contributed by atoms with Gasteiger partial charge in [0.05, 0.1) is 33.4 Å². The van der Waals surface area contributed by atoms with E-state index in [1.165, 1.54) is 0 Å². The lowest BCUT2D eigenvalue weighted by molar-refractivity contribution is 0.0980. The first-order valence-corrected chi connectivity index (χ1v) is 9.25. The number of carbonyl (C=O) groups is 1. The zero-order chi connectivity index (χ0) is 18.8. The molecule has 1 aromatic carbocycles. The van der Waals surface area contributed by atoms with Gasteiger partial charge in [0, 0.05) is 17.8 Å². The fourth-order valence-electron chi connectivity index (χ4n) is 2.91. The highest BCUT2D eigenvalue weighted by molar-refractivity contribution is 9.10. The lowest BCUT2D eigenvalue weighted by atomic mass is 10.1. The molecule has 0 bridgehead atoms. The SMILES string of the molecule is Cc1nn(-c2ccc(C(=O)N(c3cccnc3)C(C)C)cc2)c(C)c1Br. The number of pyridine rings is 1. The summed E-state index contributed by atoms with van der Waals surface area (Å²) in [6.07, 6.45) is 3.41. The first-order valence-electron chi connectivity index (χ1n) is 8.46. The van der Waals surface area contributed by atoms with Gasteiger partial charge in [0.2, 0.25) is 0 Å². The van der Waals surface area contributed by atoms with Crippen molar-refractivity contribution >= 4 is 27.5 Å². The number of hydrogen-bond donors (Lipinski definition) is 0. The number of hydrogen-bond acceptors (Lipinski definition) is 3. The Hall–Kier alpha value is -2.47. The van der Waals surface area contributed by atoms with Crippen LogP contribution in [-0.4, -0.2) is 26.7 Å². The van der Waals surface area contributed by atoms with E-state index in [1.54, 1.807) is 17.3 Å². The molecule has 134 valence electrons. The molecule has 3 rings (SSSR count). The second kappa shape index (κ2) is 7.41. The van der Waals surface area contributed by atoms with Crippen molar-refractivity contribution in [1.29, 1.82) is 0 Å². The molecule has 0 saturated carbocycles. The van der Waals surface area contributed by atoms with Crippen LogP contribution in [0.3, 0.4) is 0 Å². The summed E-state index contributed by atoms with van der Waals surface area (Å²) >= 11 is 3.55. The Labute approximate surface area is 161 Å². The van der Waals surface area contributed by atoms with E-state index in [0.29, 0.717) is 5.56 Å². The molecule has 0 fully saturated rings. The second-order valence-corrected chi connectivity index (χ2v) is 7.22. The average Bonchev–Trinajstić information content (AvgIpc) is 2.90. The smallest absolute Gasteiger partial charge is 0.258 e. The van der Waals surface area contributed by atoms with Crippen LogP contribution in [0.2, 0.25) is 0 Å². The Bertz CT molecular complexity index is 917. The molecule has 0 N–H and O–H groups in total. The average molecular weight is 413 g/mol. The number of rotatable bonds is 4. The van der Waals surface area contributed by atoms with Crippen LogP contribution in [0.5, 0.6) is 0 Å². The third-order valence-corrected chi connectivity index (χ3v) is 5.37. The normalized spacial score (nSPS) is 11.0. The molecule has 0 aliphatic heterocycles. The van der Waals surface area contributed by atoms with Gasteiger partial charge in [-0.05, 0) is 80.0 Å². The molecule has 0 spiro atoms. The van der Waals surface area contributed by atoms with Crippen molar-refractivity contribution in [2.24, 2.45) is 0 Å². The summed E-state index contributed by atoms with van der Waals surface area (Å²) in [7, 11) is 0. The summed E-state index contributed by atoms with van der Waals surface area (Å²) in [5.41, 5.74) is 4.31. The van der Waals surface area contributed by atoms with Gasteiger partial charge in [0.25, 0.3) is 5.91 Å². The zero-order valence-corrected chi connectivity index (χ0v) is 16.9. The van der Waals surface area contributed by atoms with Crippen molar-refractivity contribution in [3.63, 3.8) is 0 Å². The molecule has 6 heteroatoms. The largest absolute Gasteiger partial charge is 0.304 e. The number of benzene rings is 1. The van der Waals surface area contributed by atoms with E-state index in [2.05, 4.69) is 26.0 Å². The van der Waals surface area contributed by atoms with Gasteiger partial charge in [0.15, 0.2) is 0 Å². The van der Waals surface area contributed by atoms with E-state index >= 15 is 0 Å². The number of aryl methyl sites for hydroxylation is 1. The van der Waals surface area contributed by atoms with E-state index in [4.69, 9.17) is 0 Å². The Morgan fingerprint density at radius 3 is 2.35 bits per heavy atom. The van der Waals surface area contributed by atoms with Gasteiger partial charge in [-0.25, -0.2) is 4.68 Å². The van der Waals surface area contributed by atoms with Crippen LogP contribution >= 0.6 is 15.9 Å². The summed E-state index contributed by atoms with van der Waals surface area (Å²) < 4.78 is 2.87. The van der Waals surface area contributed by atoms with Crippen molar-refractivity contribution in [3.05, 3.63) is 70.2 Å². The van der Waals surface area contributed by atoms with Gasteiger partial charge in [-0.3, -0.25) is 9.78 Å². The number of anilines is 1. The fraction of sp³-hybridized carbons (Fsp3) is 0.250. The predicted molar refractivity (Wildman–Crippen MR) is 107 cm³/mol. The maximum absolute atomic E-state index is 13.0. The highest BCUT2D eigenvalue weighted by Gasteiger charge is 2.21. The molecule has 0 unspecified atom stereocenters. The molecule has 3 aromatic rings. The van der Waals surface area contributed by atoms with Crippen LogP contribution in [-0.2, 0) is 0 Å². The lowest BCUT2D eigenvalue weighted by Crippen LogP contribution is -2.37. The van der Waals surface area contributed by atoms with Gasteiger partial charge < -0.3 is 4.90 Å². The molecule has 0 saturated heterocycles. The number of halogens is 1. The van der Waals surface area contributed by atoms with Crippen LogP contribution in [0, 0.1) is 13.8 Å². The first-order chi connectivity index (χ1) is 12.4. The molecule has 0 radical (unpaired) electrons. The van der Waals surface area contributed by atoms with Crippen molar-refractivity contribution in [1.82, 2.24) is 14.8 Å². The predicted octanol–water partition coefficient (Wildman–Crippen LogP) is 4.70. The first kappa shape index (κ1) is 18.3. The highest BCUT2D eigenvalue weighted by atomic mass is 79.9. The molecular formula is C20H21BrN4O. The van der Waals surface area contributed by atoms with Crippen LogP contribution in [0.4, 0.5) is 5.69 Å². The summed E-state index contributed by atoms with van der Waals surface area (Å²) in [5, 5.41) is 4.53. The minimum absolute atomic E-state index is 0.0262. The van der Waals surface area contributed by atoms with Gasteiger partial charge in [-0.1, -0.05) is 0 Å². The minimum Gasteiger partial charge on any atom is -0.304 e. The fourth-order valence-corrected chi connectivity index (χ4v) is 3.15. The summed E-state index contributed by atoms with van der Waals surface area (Å²) in [6.45, 7) is 7.95. The maximum atomic E-state index is 13.0. The summed E-state index contributed by atoms with van der Waals surface area (Å²) in [4.78, 5) is 18.9. The highest BCUT2D eigenvalue weighted by Crippen LogP contribution is 2.24. The monoisotopic (exact) mass is 412 g/mol. The third kappa shape index (κ3) is 3.42. The molecular weight excluding hydrogens is 392 g/mol. The van der Waals surface area contributed by atoms with Crippen LogP contribution < -0.4 is 4.90 Å². The molecule has 5 nitrogen and oxygen atoms in total. The molecule has 0 atom stereocenters. The Morgan fingerprint density at radius 2 is 1.85 bits per heavy atom. The third-order valence-electron chi connectivity index (χ3n) is 4.22. The zero-order valence-electron chi connectivity index (χ0n) is 15.3. The van der Waals surface area contributed by atoms with E-state index in [1.807, 2.05) is 68.8 Å². The number of amides is 1. The van der Waals surface area contributed by atoms with Crippen molar-refractivity contribution in [3.8, 4) is 5.69 Å². The molecule has 1 amide bonds. The topological polar surface area (TPSA) is 51.0 Å². The van der Waals surface area contributed by atoms with Gasteiger partial charge >= 0.3 is 0 Å². The molecule has 0 aliphatic carbocycles. The van der Waals surface area contributed by atoms with Gasteiger partial charge in [-0.15, -0.1) is 0 Å². The van der Waals surface area contributed by atoms with E-state index in [9.17, 15) is 4.79 Å². The Morgan fingerprint density at radius 1 is 1.15 bits per heavy atom. The van der Waals surface area contributed by atoms with Crippen LogP contribution in [0.1, 0.15) is 35.6 Å². The second-order valence-electron chi connectivity index (χ2n) is 6.42. The summed E-state index contributed by atoms with van der Waals surface area (Å²) in [5.74, 6) is -0.0471. The number of carbonyl (C=O) groups excluding carboxylic acids is 1. The van der Waals surface area contributed by atoms with Gasteiger partial charge in [0.1, 0.15) is 0 Å². The summed E-state index contributed by atoms with van der Waals surface area (Å²) in [6, 6.07) is 11.3. The van der Waals surface area contributed by atoms with Crippen molar-refractivity contribution in [2.75, 3.05) is 4.90 Å². The maximum Gasteiger partial charge on any atom is 0.258 e. The van der Waals surface area contributed by atoms with E-state index in [0.717, 1.165) is 27.2 Å². The molecule has 2 aromatic heterocycles. The number of nitrogens with zero attached hydrogens (tertiary/aromatic N) is 4. The molecule has 0 aliphatic rings. The van der Waals surface area contributed by atoms with Gasteiger partial charge in [-0.2, -0.15) is 5.10 Å². The van der Waals surface area contributed by atoms with Crippen LogP contribution in [0.25, 0.3) is 5.69 Å². The van der Waals surface area contributed by atoms with E-state index in [-0.39, 0.29) is 11.9 Å².